The SMILES string of the molecule is COc1ccc(Oc2nc(-c3cncnc3)ncc2NC[C@@H]2CCCN2)cc1F. The highest BCUT2D eigenvalue weighted by atomic mass is 19.1. The minimum atomic E-state index is -0.514. The predicted molar refractivity (Wildman–Crippen MR) is 106 cm³/mol. The number of benzene rings is 1. The summed E-state index contributed by atoms with van der Waals surface area (Å²) in [4.78, 5) is 16.9. The molecular weight excluding hydrogens is 375 g/mol. The Hall–Kier alpha value is -3.33. The molecule has 0 aliphatic carbocycles. The number of halogens is 1. The minimum Gasteiger partial charge on any atom is -0.494 e. The van der Waals surface area contributed by atoms with Gasteiger partial charge in [-0.15, -0.1) is 0 Å². The molecule has 1 aromatic carbocycles. The van der Waals surface area contributed by atoms with Crippen molar-refractivity contribution >= 4 is 5.69 Å². The van der Waals surface area contributed by atoms with E-state index >= 15 is 0 Å². The topological polar surface area (TPSA) is 94.1 Å². The molecular formula is C20H21FN6O2. The molecule has 1 atom stereocenters. The zero-order chi connectivity index (χ0) is 20.1. The molecule has 4 rings (SSSR count). The number of hydrogen-bond acceptors (Lipinski definition) is 8. The summed E-state index contributed by atoms with van der Waals surface area (Å²) in [7, 11) is 1.41. The minimum absolute atomic E-state index is 0.146. The van der Waals surface area contributed by atoms with E-state index in [2.05, 4.69) is 30.6 Å². The van der Waals surface area contributed by atoms with Crippen LogP contribution in [0.4, 0.5) is 10.1 Å². The number of nitrogens with zero attached hydrogens (tertiary/aromatic N) is 4. The zero-order valence-electron chi connectivity index (χ0n) is 15.9. The number of methoxy groups -OCH3 is 1. The van der Waals surface area contributed by atoms with Gasteiger partial charge in [0.1, 0.15) is 17.8 Å². The van der Waals surface area contributed by atoms with E-state index in [4.69, 9.17) is 9.47 Å². The van der Waals surface area contributed by atoms with Crippen molar-refractivity contribution in [1.29, 1.82) is 0 Å². The van der Waals surface area contributed by atoms with E-state index in [1.807, 2.05) is 0 Å². The Morgan fingerprint density at radius 2 is 2.10 bits per heavy atom. The molecule has 150 valence electrons. The van der Waals surface area contributed by atoms with Crippen molar-refractivity contribution in [1.82, 2.24) is 25.3 Å². The molecule has 2 aromatic heterocycles. The Morgan fingerprint density at radius 1 is 1.24 bits per heavy atom. The fourth-order valence-corrected chi connectivity index (χ4v) is 3.11. The van der Waals surface area contributed by atoms with Crippen LogP contribution in [0.5, 0.6) is 17.4 Å². The standard InChI is InChI=1S/C20H21FN6O2/c1-28-18-5-4-15(7-16(18)21)29-20-17(25-10-14-3-2-6-24-14)11-26-19(27-20)13-8-22-12-23-9-13/h4-5,7-9,11-12,14,24-25H,2-3,6,10H2,1H3/t14-/m0/s1. The first-order chi connectivity index (χ1) is 14.2. The van der Waals surface area contributed by atoms with E-state index in [9.17, 15) is 4.39 Å². The molecule has 0 amide bonds. The van der Waals surface area contributed by atoms with E-state index in [1.54, 1.807) is 24.7 Å². The van der Waals surface area contributed by atoms with Crippen LogP contribution in [0.3, 0.4) is 0 Å². The molecule has 1 aliphatic heterocycles. The van der Waals surface area contributed by atoms with E-state index in [1.165, 1.54) is 25.6 Å². The van der Waals surface area contributed by atoms with Crippen molar-refractivity contribution in [2.45, 2.75) is 18.9 Å². The third-order valence-electron chi connectivity index (χ3n) is 4.61. The van der Waals surface area contributed by atoms with Gasteiger partial charge in [0.15, 0.2) is 17.4 Å². The van der Waals surface area contributed by atoms with E-state index in [0.717, 1.165) is 19.4 Å². The van der Waals surface area contributed by atoms with E-state index in [0.29, 0.717) is 41.3 Å². The molecule has 1 aliphatic rings. The highest BCUT2D eigenvalue weighted by Crippen LogP contribution is 2.31. The second kappa shape index (κ2) is 8.78. The van der Waals surface area contributed by atoms with Gasteiger partial charge in [-0.2, -0.15) is 4.98 Å². The van der Waals surface area contributed by atoms with Crippen LogP contribution in [0.25, 0.3) is 11.4 Å². The molecule has 3 heterocycles. The predicted octanol–water partition coefficient (Wildman–Crippen LogP) is 3.04. The maximum atomic E-state index is 14.1. The fourth-order valence-electron chi connectivity index (χ4n) is 3.11. The van der Waals surface area contributed by atoms with Gasteiger partial charge in [0.2, 0.25) is 5.88 Å². The van der Waals surface area contributed by atoms with Crippen LogP contribution in [0.15, 0.2) is 43.1 Å². The number of ether oxygens (including phenoxy) is 2. The van der Waals surface area contributed by atoms with Gasteiger partial charge in [-0.05, 0) is 31.5 Å². The van der Waals surface area contributed by atoms with Gasteiger partial charge in [0.25, 0.3) is 0 Å². The molecule has 9 heteroatoms. The largest absolute Gasteiger partial charge is 0.494 e. The molecule has 8 nitrogen and oxygen atoms in total. The number of nitrogens with one attached hydrogen (secondary N) is 2. The number of hydrogen-bond donors (Lipinski definition) is 2. The van der Waals surface area contributed by atoms with Crippen LogP contribution < -0.4 is 20.1 Å². The average Bonchev–Trinajstić information content (AvgIpc) is 3.27. The summed E-state index contributed by atoms with van der Waals surface area (Å²) in [5.41, 5.74) is 1.28. The van der Waals surface area contributed by atoms with E-state index < -0.39 is 5.82 Å². The molecule has 0 unspecified atom stereocenters. The van der Waals surface area contributed by atoms with E-state index in [-0.39, 0.29) is 5.75 Å². The number of aromatic nitrogens is 4. The van der Waals surface area contributed by atoms with Gasteiger partial charge in [-0.25, -0.2) is 19.3 Å². The number of anilines is 1. The second-order valence-electron chi connectivity index (χ2n) is 6.61. The summed E-state index contributed by atoms with van der Waals surface area (Å²) in [6.45, 7) is 1.73. The monoisotopic (exact) mass is 396 g/mol. The first kappa shape index (κ1) is 19.0. The van der Waals surface area contributed by atoms with Gasteiger partial charge in [-0.1, -0.05) is 0 Å². The Morgan fingerprint density at radius 3 is 2.83 bits per heavy atom. The first-order valence-electron chi connectivity index (χ1n) is 9.34. The summed E-state index contributed by atoms with van der Waals surface area (Å²) in [5, 5.41) is 6.76. The quantitative estimate of drug-likeness (QED) is 0.629. The maximum Gasteiger partial charge on any atom is 0.246 e. The van der Waals surface area contributed by atoms with Gasteiger partial charge in [0.05, 0.1) is 18.9 Å². The number of rotatable bonds is 7. The third-order valence-corrected chi connectivity index (χ3v) is 4.61. The van der Waals surface area contributed by atoms with Gasteiger partial charge in [0, 0.05) is 31.0 Å². The highest BCUT2D eigenvalue weighted by Gasteiger charge is 2.17. The maximum absolute atomic E-state index is 14.1. The molecule has 0 radical (unpaired) electrons. The fraction of sp³-hybridized carbons (Fsp3) is 0.300. The summed E-state index contributed by atoms with van der Waals surface area (Å²) in [5.74, 6) is 0.646. The molecule has 1 saturated heterocycles. The molecule has 2 N–H and O–H groups in total. The molecule has 0 saturated carbocycles. The average molecular weight is 396 g/mol. The Kier molecular flexibility index (Phi) is 5.76. The Labute approximate surface area is 167 Å². The highest BCUT2D eigenvalue weighted by molar-refractivity contribution is 5.59. The summed E-state index contributed by atoms with van der Waals surface area (Å²) in [6.07, 6.45) is 8.59. The van der Waals surface area contributed by atoms with Crippen molar-refractivity contribution < 1.29 is 13.9 Å². The zero-order valence-corrected chi connectivity index (χ0v) is 15.9. The molecule has 1 fully saturated rings. The van der Waals surface area contributed by atoms with Crippen LogP contribution in [0.1, 0.15) is 12.8 Å². The van der Waals surface area contributed by atoms with Gasteiger partial charge in [-0.3, -0.25) is 0 Å². The van der Waals surface area contributed by atoms with Crippen LogP contribution in [0.2, 0.25) is 0 Å². The summed E-state index contributed by atoms with van der Waals surface area (Å²) in [6, 6.07) is 4.77. The van der Waals surface area contributed by atoms with Gasteiger partial charge < -0.3 is 20.1 Å². The smallest absolute Gasteiger partial charge is 0.246 e. The molecule has 0 spiro atoms. The normalized spacial score (nSPS) is 15.9. The van der Waals surface area contributed by atoms with Crippen LogP contribution in [-0.2, 0) is 0 Å². The molecule has 3 aromatic rings. The molecule has 29 heavy (non-hydrogen) atoms. The van der Waals surface area contributed by atoms with Crippen molar-refractivity contribution in [3.05, 3.63) is 48.9 Å². The third kappa shape index (κ3) is 4.57. The lowest BCUT2D eigenvalue weighted by atomic mass is 10.2. The molecule has 0 bridgehead atoms. The van der Waals surface area contributed by atoms with Crippen molar-refractivity contribution in [2.75, 3.05) is 25.5 Å². The van der Waals surface area contributed by atoms with Crippen molar-refractivity contribution in [2.24, 2.45) is 0 Å². The lowest BCUT2D eigenvalue weighted by molar-refractivity contribution is 0.382. The first-order valence-corrected chi connectivity index (χ1v) is 9.34. The van der Waals surface area contributed by atoms with Gasteiger partial charge >= 0.3 is 0 Å². The lowest BCUT2D eigenvalue weighted by Gasteiger charge is -2.16. The Bertz CT molecular complexity index is 966. The summed E-state index contributed by atoms with van der Waals surface area (Å²) < 4.78 is 24.9. The van der Waals surface area contributed by atoms with Crippen LogP contribution in [0, 0.1) is 5.82 Å². The van der Waals surface area contributed by atoms with Crippen molar-refractivity contribution in [3.63, 3.8) is 0 Å². The summed E-state index contributed by atoms with van der Waals surface area (Å²) >= 11 is 0. The lowest BCUT2D eigenvalue weighted by Crippen LogP contribution is -2.29. The van der Waals surface area contributed by atoms with Crippen molar-refractivity contribution in [3.8, 4) is 28.8 Å². The van der Waals surface area contributed by atoms with Crippen LogP contribution in [-0.4, -0.2) is 46.2 Å². The van der Waals surface area contributed by atoms with Crippen LogP contribution >= 0.6 is 0 Å². The second-order valence-corrected chi connectivity index (χ2v) is 6.61. The Balaban J connectivity index is 1.62.